The van der Waals surface area contributed by atoms with Gasteiger partial charge in [0.05, 0.1) is 37.9 Å². The summed E-state index contributed by atoms with van der Waals surface area (Å²) in [6.07, 6.45) is 11.9. The summed E-state index contributed by atoms with van der Waals surface area (Å²) in [5, 5.41) is 11.6. The van der Waals surface area contributed by atoms with Crippen LogP contribution in [0.1, 0.15) is 38.1 Å². The molecule has 0 spiro atoms. The number of ether oxygens (including phenoxy) is 2. The minimum atomic E-state index is 0.427. The van der Waals surface area contributed by atoms with Crippen LogP contribution in [0.2, 0.25) is 0 Å². The Morgan fingerprint density at radius 2 is 1.94 bits per heavy atom. The number of methoxy groups -OCH3 is 1. The van der Waals surface area contributed by atoms with Gasteiger partial charge in [0.25, 0.3) is 0 Å². The minimum Gasteiger partial charge on any atom is -0.494 e. The van der Waals surface area contributed by atoms with Gasteiger partial charge >= 0.3 is 0 Å². The summed E-state index contributed by atoms with van der Waals surface area (Å²) in [6, 6.07) is 8.81. The Bertz CT molecular complexity index is 1290. The second-order valence-electron chi connectivity index (χ2n) is 9.26. The number of hydrogen-bond donors (Lipinski definition) is 2. The normalized spacial score (nSPS) is 17.1. The quantitative estimate of drug-likeness (QED) is 0.411. The second-order valence-corrected chi connectivity index (χ2v) is 9.26. The number of nitrogens with zero attached hydrogens (tertiary/aromatic N) is 5. The van der Waals surface area contributed by atoms with Crippen molar-refractivity contribution in [1.82, 2.24) is 24.7 Å². The molecule has 9 nitrogen and oxygen atoms in total. The number of fused-ring (bicyclic) bond motifs is 1. The van der Waals surface area contributed by atoms with E-state index in [1.807, 2.05) is 24.7 Å². The summed E-state index contributed by atoms with van der Waals surface area (Å²) in [5.41, 5.74) is 5.13. The lowest BCUT2D eigenvalue weighted by molar-refractivity contribution is 0.122. The molecule has 1 saturated heterocycles. The zero-order chi connectivity index (χ0) is 23.6. The van der Waals surface area contributed by atoms with Crippen molar-refractivity contribution in [1.29, 1.82) is 0 Å². The molecule has 0 unspecified atom stereocenters. The first kappa shape index (κ1) is 21.9. The molecule has 2 fully saturated rings. The molecule has 9 heteroatoms. The van der Waals surface area contributed by atoms with Gasteiger partial charge < -0.3 is 24.3 Å². The summed E-state index contributed by atoms with van der Waals surface area (Å²) in [7, 11) is 1.69. The van der Waals surface area contributed by atoms with Crippen molar-refractivity contribution in [2.24, 2.45) is 0 Å². The van der Waals surface area contributed by atoms with Crippen molar-refractivity contribution < 1.29 is 9.47 Å². The fourth-order valence-electron chi connectivity index (χ4n) is 5.31. The van der Waals surface area contributed by atoms with Crippen molar-refractivity contribution in [3.63, 3.8) is 0 Å². The number of anilines is 3. The van der Waals surface area contributed by atoms with E-state index in [0.717, 1.165) is 78.6 Å². The van der Waals surface area contributed by atoms with Crippen LogP contribution < -0.4 is 15.0 Å². The summed E-state index contributed by atoms with van der Waals surface area (Å²) < 4.78 is 13.6. The van der Waals surface area contributed by atoms with Gasteiger partial charge in [-0.1, -0.05) is 19.3 Å². The third-order valence-corrected chi connectivity index (χ3v) is 7.12. The van der Waals surface area contributed by atoms with Crippen LogP contribution in [-0.2, 0) is 4.74 Å². The van der Waals surface area contributed by atoms with E-state index in [1.165, 1.54) is 19.3 Å². The number of morpholine rings is 1. The molecule has 2 N–H and O–H groups in total. The van der Waals surface area contributed by atoms with Gasteiger partial charge in [-0.25, -0.2) is 4.98 Å². The van der Waals surface area contributed by atoms with E-state index in [1.54, 1.807) is 7.11 Å². The smallest absolute Gasteiger partial charge is 0.229 e. The van der Waals surface area contributed by atoms with Crippen molar-refractivity contribution in [2.75, 3.05) is 43.6 Å². The van der Waals surface area contributed by atoms with E-state index in [0.29, 0.717) is 12.0 Å². The van der Waals surface area contributed by atoms with Gasteiger partial charge in [0.2, 0.25) is 5.95 Å². The van der Waals surface area contributed by atoms with Crippen LogP contribution in [0, 0.1) is 0 Å². The lowest BCUT2D eigenvalue weighted by atomic mass is 9.95. The molecule has 4 heterocycles. The first-order chi connectivity index (χ1) is 17.3. The molecule has 2 aliphatic rings. The molecule has 4 aromatic rings. The minimum absolute atomic E-state index is 0.427. The molecule has 6 rings (SSSR count). The Morgan fingerprint density at radius 1 is 1.09 bits per heavy atom. The van der Waals surface area contributed by atoms with E-state index < -0.39 is 0 Å². The number of H-pyrrole nitrogens is 1. The maximum atomic E-state index is 5.72. The fraction of sp³-hybridized carbons (Fsp3) is 0.423. The zero-order valence-corrected chi connectivity index (χ0v) is 20.0. The molecule has 0 bridgehead atoms. The first-order valence-electron chi connectivity index (χ1n) is 12.4. The van der Waals surface area contributed by atoms with Crippen LogP contribution in [0.3, 0.4) is 0 Å². The largest absolute Gasteiger partial charge is 0.494 e. The molecule has 0 amide bonds. The molecule has 0 atom stereocenters. The average Bonchev–Trinajstić information content (AvgIpc) is 3.58. The Morgan fingerprint density at radius 3 is 2.71 bits per heavy atom. The molecule has 3 aromatic heterocycles. The highest BCUT2D eigenvalue weighted by molar-refractivity contribution is 5.85. The third-order valence-electron chi connectivity index (χ3n) is 7.12. The van der Waals surface area contributed by atoms with Crippen LogP contribution in [-0.4, -0.2) is 58.1 Å². The first-order valence-corrected chi connectivity index (χ1v) is 12.4. The molecule has 182 valence electrons. The molecule has 1 saturated carbocycles. The summed E-state index contributed by atoms with van der Waals surface area (Å²) in [4.78, 5) is 11.9. The van der Waals surface area contributed by atoms with Gasteiger partial charge in [-0.3, -0.25) is 5.10 Å². The van der Waals surface area contributed by atoms with E-state index in [4.69, 9.17) is 14.5 Å². The molecule has 1 aliphatic heterocycles. The Hall–Kier alpha value is -3.59. The van der Waals surface area contributed by atoms with E-state index >= 15 is 0 Å². The van der Waals surface area contributed by atoms with Crippen molar-refractivity contribution in [3.05, 3.63) is 42.9 Å². The van der Waals surface area contributed by atoms with E-state index in [2.05, 4.69) is 48.2 Å². The summed E-state index contributed by atoms with van der Waals surface area (Å²) >= 11 is 0. The zero-order valence-electron chi connectivity index (χ0n) is 20.0. The van der Waals surface area contributed by atoms with Gasteiger partial charge in [0, 0.05) is 54.2 Å². The lowest BCUT2D eigenvalue weighted by Gasteiger charge is -2.29. The Balaban J connectivity index is 1.35. The number of nitrogens with one attached hydrogen (secondary N) is 2. The van der Waals surface area contributed by atoms with Gasteiger partial charge in [0.15, 0.2) is 0 Å². The highest BCUT2D eigenvalue weighted by Gasteiger charge is 2.23. The highest BCUT2D eigenvalue weighted by Crippen LogP contribution is 2.37. The molecule has 35 heavy (non-hydrogen) atoms. The van der Waals surface area contributed by atoms with Crippen molar-refractivity contribution in [3.8, 4) is 17.0 Å². The van der Waals surface area contributed by atoms with Gasteiger partial charge in [-0.05, 0) is 31.0 Å². The van der Waals surface area contributed by atoms with Crippen molar-refractivity contribution in [2.45, 2.75) is 38.1 Å². The van der Waals surface area contributed by atoms with Gasteiger partial charge in [-0.2, -0.15) is 10.1 Å². The molecule has 1 aromatic carbocycles. The highest BCUT2D eigenvalue weighted by atomic mass is 16.5. The fourth-order valence-corrected chi connectivity index (χ4v) is 5.31. The maximum absolute atomic E-state index is 5.72. The molecule has 1 aliphatic carbocycles. The maximum Gasteiger partial charge on any atom is 0.229 e. The number of hydrogen-bond acceptors (Lipinski definition) is 7. The van der Waals surface area contributed by atoms with Gasteiger partial charge in [-0.15, -0.1) is 0 Å². The molecular formula is C26H31N7O2. The second kappa shape index (κ2) is 9.58. The topological polar surface area (TPSA) is 93.1 Å². The average molecular weight is 474 g/mol. The molecule has 0 radical (unpaired) electrons. The van der Waals surface area contributed by atoms with Crippen LogP contribution in [0.15, 0.2) is 42.9 Å². The molecular weight excluding hydrogens is 442 g/mol. The van der Waals surface area contributed by atoms with E-state index in [-0.39, 0.29) is 0 Å². The SMILES string of the molecule is COc1cc(N2CCOCC2)ccc1Nc1ncc2cc(-c3cn[nH]c3)n(C3CCCCC3)c2n1. The summed E-state index contributed by atoms with van der Waals surface area (Å²) in [6.45, 7) is 3.26. The number of aromatic nitrogens is 5. The predicted molar refractivity (Wildman–Crippen MR) is 137 cm³/mol. The number of rotatable bonds is 6. The number of aromatic amines is 1. The standard InChI is InChI=1S/C26H31N7O2/c1-34-24-14-21(32-9-11-35-12-10-32)7-8-22(24)30-26-27-15-18-13-23(19-16-28-29-17-19)33(25(18)31-26)20-5-3-2-4-6-20/h7-8,13-17,20H,2-6,9-12H2,1H3,(H,28,29)(H,27,30,31). The number of benzene rings is 1. The summed E-state index contributed by atoms with van der Waals surface area (Å²) in [5.74, 6) is 1.32. The Labute approximate surface area is 204 Å². The van der Waals surface area contributed by atoms with Crippen LogP contribution in [0.25, 0.3) is 22.3 Å². The monoisotopic (exact) mass is 473 g/mol. The van der Waals surface area contributed by atoms with E-state index in [9.17, 15) is 0 Å². The van der Waals surface area contributed by atoms with Crippen LogP contribution >= 0.6 is 0 Å². The van der Waals surface area contributed by atoms with Crippen LogP contribution in [0.5, 0.6) is 5.75 Å². The van der Waals surface area contributed by atoms with Gasteiger partial charge in [0.1, 0.15) is 11.4 Å². The Kier molecular flexibility index (Phi) is 5.99. The predicted octanol–water partition coefficient (Wildman–Crippen LogP) is 4.92. The van der Waals surface area contributed by atoms with Crippen molar-refractivity contribution >= 4 is 28.4 Å². The lowest BCUT2D eigenvalue weighted by Crippen LogP contribution is -2.36. The van der Waals surface area contributed by atoms with Crippen LogP contribution in [0.4, 0.5) is 17.3 Å². The third kappa shape index (κ3) is 4.32.